The average molecular weight is 174 g/mol. The van der Waals surface area contributed by atoms with Crippen LogP contribution in [0.1, 0.15) is 13.3 Å². The highest BCUT2D eigenvalue weighted by atomic mass is 16.3. The average Bonchev–Trinajstić information content (AvgIpc) is 2.31. The third-order valence-corrected chi connectivity index (χ3v) is 1.58. The Kier molecular flexibility index (Phi) is 5.03. The van der Waals surface area contributed by atoms with Crippen molar-refractivity contribution >= 4 is 12.3 Å². The van der Waals surface area contributed by atoms with Crippen molar-refractivity contribution < 1.29 is 14.7 Å². The summed E-state index contributed by atoms with van der Waals surface area (Å²) in [5, 5.41) is 8.94. The molecule has 1 atom stereocenters. The molecule has 3 N–H and O–H groups in total. The van der Waals surface area contributed by atoms with Gasteiger partial charge in [-0.15, -0.1) is 0 Å². The van der Waals surface area contributed by atoms with Crippen LogP contribution >= 0.6 is 0 Å². The molecule has 5 nitrogen and oxygen atoms in total. The molecule has 0 bridgehead atoms. The van der Waals surface area contributed by atoms with Gasteiger partial charge in [0.2, 0.25) is 12.3 Å². The molecule has 1 heterocycles. The molecule has 1 rings (SSSR count). The van der Waals surface area contributed by atoms with Gasteiger partial charge in [0.25, 0.3) is 0 Å². The van der Waals surface area contributed by atoms with Gasteiger partial charge in [-0.3, -0.25) is 9.59 Å². The van der Waals surface area contributed by atoms with Gasteiger partial charge in [-0.1, -0.05) is 0 Å². The summed E-state index contributed by atoms with van der Waals surface area (Å²) in [4.78, 5) is 21.0. The summed E-state index contributed by atoms with van der Waals surface area (Å²) in [5.74, 6) is 0.0741. The van der Waals surface area contributed by atoms with E-state index in [1.54, 1.807) is 4.90 Å². The van der Waals surface area contributed by atoms with Crippen LogP contribution in [0.4, 0.5) is 0 Å². The number of aliphatic hydroxyl groups excluding tert-OH is 1. The van der Waals surface area contributed by atoms with Gasteiger partial charge in [-0.05, 0) is 6.92 Å². The highest BCUT2D eigenvalue weighted by molar-refractivity contribution is 5.78. The molecular weight excluding hydrogens is 160 g/mol. The van der Waals surface area contributed by atoms with Crippen LogP contribution in [-0.2, 0) is 9.59 Å². The van der Waals surface area contributed by atoms with Gasteiger partial charge < -0.3 is 15.7 Å². The number of carbonyl (C=O) groups excluding carboxylic acids is 2. The largest absolute Gasteiger partial charge is 0.391 e. The van der Waals surface area contributed by atoms with Crippen LogP contribution in [0.3, 0.4) is 0 Å². The third kappa shape index (κ3) is 3.34. The van der Waals surface area contributed by atoms with Crippen molar-refractivity contribution in [2.75, 3.05) is 13.1 Å². The van der Waals surface area contributed by atoms with Gasteiger partial charge in [0.1, 0.15) is 0 Å². The van der Waals surface area contributed by atoms with Crippen molar-refractivity contribution in [2.45, 2.75) is 19.4 Å². The number of hydrogen-bond donors (Lipinski definition) is 2. The lowest BCUT2D eigenvalue weighted by Crippen LogP contribution is -2.25. The number of carbonyl (C=O) groups is 2. The van der Waals surface area contributed by atoms with Crippen molar-refractivity contribution in [1.82, 2.24) is 4.90 Å². The van der Waals surface area contributed by atoms with Crippen molar-refractivity contribution in [3.8, 4) is 0 Å². The van der Waals surface area contributed by atoms with Crippen molar-refractivity contribution in [3.05, 3.63) is 0 Å². The third-order valence-electron chi connectivity index (χ3n) is 1.58. The minimum absolute atomic E-state index is 0.0741. The Morgan fingerprint density at radius 1 is 1.83 bits per heavy atom. The summed E-state index contributed by atoms with van der Waals surface area (Å²) in [5.41, 5.74) is 4.17. The predicted octanol–water partition coefficient (Wildman–Crippen LogP) is -1.30. The van der Waals surface area contributed by atoms with E-state index in [0.717, 1.165) is 6.54 Å². The van der Waals surface area contributed by atoms with Crippen molar-refractivity contribution in [2.24, 2.45) is 5.73 Å². The van der Waals surface area contributed by atoms with Gasteiger partial charge in [-0.2, -0.15) is 0 Å². The summed E-state index contributed by atoms with van der Waals surface area (Å²) in [6.45, 7) is 3.15. The standard InChI is InChI=1S/C6H11NO2.CH3NO/c1-2-7-4-5(8)3-6(7)9;2-1-3/h5,8H,2-4H2,1H3;1H,(H2,2,3). The Balaban J connectivity index is 0.000000354. The molecule has 0 saturated carbocycles. The lowest BCUT2D eigenvalue weighted by molar-refractivity contribution is -0.127. The Hall–Kier alpha value is -1.10. The molecule has 1 fully saturated rings. The summed E-state index contributed by atoms with van der Waals surface area (Å²) in [6.07, 6.45) is 0.144. The molecular formula is C7H14N2O3. The van der Waals surface area contributed by atoms with E-state index in [0.29, 0.717) is 13.0 Å². The van der Waals surface area contributed by atoms with E-state index in [2.05, 4.69) is 5.73 Å². The van der Waals surface area contributed by atoms with Crippen LogP contribution in [0.15, 0.2) is 0 Å². The summed E-state index contributed by atoms with van der Waals surface area (Å²) in [7, 11) is 0. The highest BCUT2D eigenvalue weighted by Crippen LogP contribution is 2.08. The Morgan fingerprint density at radius 3 is 2.50 bits per heavy atom. The van der Waals surface area contributed by atoms with E-state index in [1.165, 1.54) is 0 Å². The first kappa shape index (κ1) is 10.9. The molecule has 12 heavy (non-hydrogen) atoms. The molecule has 0 aromatic heterocycles. The Labute approximate surface area is 71.1 Å². The van der Waals surface area contributed by atoms with Crippen LogP contribution in [-0.4, -0.2) is 41.5 Å². The molecule has 1 unspecified atom stereocenters. The van der Waals surface area contributed by atoms with Gasteiger partial charge in [0.05, 0.1) is 12.5 Å². The first-order valence-corrected chi connectivity index (χ1v) is 3.76. The molecule has 0 aromatic rings. The second-order valence-corrected chi connectivity index (χ2v) is 2.43. The monoisotopic (exact) mass is 174 g/mol. The maximum atomic E-state index is 10.8. The first-order chi connectivity index (χ1) is 5.65. The molecule has 0 spiro atoms. The fourth-order valence-corrected chi connectivity index (χ4v) is 1.06. The zero-order valence-electron chi connectivity index (χ0n) is 7.06. The zero-order valence-corrected chi connectivity index (χ0v) is 7.06. The molecule has 2 amide bonds. The van der Waals surface area contributed by atoms with Gasteiger partial charge in [-0.25, -0.2) is 0 Å². The van der Waals surface area contributed by atoms with E-state index in [-0.39, 0.29) is 12.3 Å². The number of nitrogens with zero attached hydrogens (tertiary/aromatic N) is 1. The number of likely N-dealkylation sites (N-methyl/N-ethyl adjacent to an activating group) is 1. The lowest BCUT2D eigenvalue weighted by Gasteiger charge is -2.10. The molecule has 5 heteroatoms. The second kappa shape index (κ2) is 5.54. The quantitative estimate of drug-likeness (QED) is 0.485. The van der Waals surface area contributed by atoms with E-state index >= 15 is 0 Å². The fraction of sp³-hybridized carbons (Fsp3) is 0.714. The number of β-amino-alcohol motifs (C(OH)–C–C–N with tert-alkyl or cyclic N) is 1. The van der Waals surface area contributed by atoms with Gasteiger partial charge in [0, 0.05) is 13.1 Å². The molecule has 70 valence electrons. The molecule has 0 aliphatic carbocycles. The Bertz CT molecular complexity index is 161. The van der Waals surface area contributed by atoms with Gasteiger partial charge >= 0.3 is 0 Å². The molecule has 0 aromatic carbocycles. The SMILES string of the molecule is CCN1CC(O)CC1=O.NC=O. The molecule has 1 aliphatic rings. The summed E-state index contributed by atoms with van der Waals surface area (Å²) in [6, 6.07) is 0. The smallest absolute Gasteiger partial charge is 0.225 e. The number of rotatable bonds is 1. The molecule has 1 aliphatic heterocycles. The van der Waals surface area contributed by atoms with Crippen LogP contribution in [0.2, 0.25) is 0 Å². The lowest BCUT2D eigenvalue weighted by atomic mass is 10.3. The van der Waals surface area contributed by atoms with Gasteiger partial charge in [0.15, 0.2) is 0 Å². The van der Waals surface area contributed by atoms with Crippen molar-refractivity contribution in [1.29, 1.82) is 0 Å². The van der Waals surface area contributed by atoms with Crippen LogP contribution in [0.5, 0.6) is 0 Å². The maximum Gasteiger partial charge on any atom is 0.225 e. The van der Waals surface area contributed by atoms with Crippen molar-refractivity contribution in [3.63, 3.8) is 0 Å². The van der Waals surface area contributed by atoms with Crippen LogP contribution < -0.4 is 5.73 Å². The minimum atomic E-state index is -0.419. The Morgan fingerprint density at radius 2 is 2.33 bits per heavy atom. The second-order valence-electron chi connectivity index (χ2n) is 2.43. The van der Waals surface area contributed by atoms with E-state index in [9.17, 15) is 4.79 Å². The first-order valence-electron chi connectivity index (χ1n) is 3.76. The number of hydrogen-bond acceptors (Lipinski definition) is 3. The normalized spacial score (nSPS) is 21.7. The van der Waals surface area contributed by atoms with E-state index in [1.807, 2.05) is 6.92 Å². The minimum Gasteiger partial charge on any atom is -0.391 e. The summed E-state index contributed by atoms with van der Waals surface area (Å²) < 4.78 is 0. The van der Waals surface area contributed by atoms with Crippen LogP contribution in [0.25, 0.3) is 0 Å². The zero-order chi connectivity index (χ0) is 9.56. The topological polar surface area (TPSA) is 83.6 Å². The number of aliphatic hydroxyl groups is 1. The maximum absolute atomic E-state index is 10.8. The predicted molar refractivity (Wildman–Crippen MR) is 43.1 cm³/mol. The fourth-order valence-electron chi connectivity index (χ4n) is 1.06. The molecule has 1 saturated heterocycles. The number of nitrogens with two attached hydrogens (primary N) is 1. The van der Waals surface area contributed by atoms with E-state index in [4.69, 9.17) is 9.90 Å². The van der Waals surface area contributed by atoms with Crippen LogP contribution in [0, 0.1) is 0 Å². The number of amides is 2. The highest BCUT2D eigenvalue weighted by Gasteiger charge is 2.25. The van der Waals surface area contributed by atoms with E-state index < -0.39 is 6.10 Å². The summed E-state index contributed by atoms with van der Waals surface area (Å²) >= 11 is 0. The number of likely N-dealkylation sites (tertiary alicyclic amines) is 1. The number of primary amides is 1. The molecule has 0 radical (unpaired) electrons.